The number of aromatic nitrogens is 6. The molecule has 0 spiro atoms. The first-order valence-electron chi connectivity index (χ1n) is 13.2. The molecule has 6 aromatic rings. The number of carbonyl (C=O) groups excluding carboxylic acids is 1. The van der Waals surface area contributed by atoms with E-state index in [4.69, 9.17) is 16.6 Å². The highest BCUT2D eigenvalue weighted by molar-refractivity contribution is 7.22. The maximum Gasteiger partial charge on any atom is 0.256 e. The van der Waals surface area contributed by atoms with Crippen molar-refractivity contribution in [3.63, 3.8) is 0 Å². The number of benzene rings is 2. The van der Waals surface area contributed by atoms with E-state index < -0.39 is 0 Å². The molecule has 5 heterocycles. The summed E-state index contributed by atoms with van der Waals surface area (Å²) in [4.78, 5) is 28.3. The summed E-state index contributed by atoms with van der Waals surface area (Å²) in [6.07, 6.45) is 5.63. The standard InChI is InChI=1S/C29H25ClN8OS2/c1-19-4-6-22(28(39)35-10-12-36(13-11-35)29-32-23-7-5-20(30)16-26(23)41-29)24(15-19)38-18-21(33-34-38)17-37-9-8-31-27(37)25-3-2-14-40-25/h2-9,14-16,18H,10-13,17H2,1H3. The fourth-order valence-electron chi connectivity index (χ4n) is 5.04. The molecule has 206 valence electrons. The van der Waals surface area contributed by atoms with E-state index in [1.807, 2.05) is 72.1 Å². The van der Waals surface area contributed by atoms with E-state index in [2.05, 4.69) is 30.8 Å². The van der Waals surface area contributed by atoms with Gasteiger partial charge in [-0.15, -0.1) is 16.4 Å². The van der Waals surface area contributed by atoms with Crippen molar-refractivity contribution in [1.82, 2.24) is 34.4 Å². The highest BCUT2D eigenvalue weighted by atomic mass is 35.5. The molecule has 0 radical (unpaired) electrons. The first-order chi connectivity index (χ1) is 20.0. The molecule has 0 N–H and O–H groups in total. The molecule has 0 bridgehead atoms. The summed E-state index contributed by atoms with van der Waals surface area (Å²) in [5.41, 5.74) is 4.11. The molecule has 1 aliphatic rings. The Kier molecular flexibility index (Phi) is 6.77. The Labute approximate surface area is 249 Å². The normalized spacial score (nSPS) is 13.8. The van der Waals surface area contributed by atoms with Crippen LogP contribution in [-0.2, 0) is 6.54 Å². The molecular formula is C29H25ClN8OS2. The van der Waals surface area contributed by atoms with Gasteiger partial charge in [0.2, 0.25) is 0 Å². The fraction of sp³-hybridized carbons (Fsp3) is 0.207. The van der Waals surface area contributed by atoms with Gasteiger partial charge in [0.05, 0.1) is 39.1 Å². The number of anilines is 1. The maximum atomic E-state index is 13.8. The highest BCUT2D eigenvalue weighted by Crippen LogP contribution is 2.31. The largest absolute Gasteiger partial charge is 0.345 e. The van der Waals surface area contributed by atoms with Crippen LogP contribution in [0.25, 0.3) is 26.6 Å². The van der Waals surface area contributed by atoms with Crippen LogP contribution in [0.5, 0.6) is 0 Å². The van der Waals surface area contributed by atoms with Gasteiger partial charge in [0, 0.05) is 43.6 Å². The third-order valence-corrected chi connectivity index (χ3v) is 9.32. The molecule has 0 saturated carbocycles. The zero-order valence-electron chi connectivity index (χ0n) is 22.1. The quantitative estimate of drug-likeness (QED) is 0.241. The van der Waals surface area contributed by atoms with Crippen LogP contribution in [0.15, 0.2) is 72.5 Å². The summed E-state index contributed by atoms with van der Waals surface area (Å²) >= 11 is 9.44. The molecule has 12 heteroatoms. The monoisotopic (exact) mass is 600 g/mol. The Balaban J connectivity index is 1.08. The minimum atomic E-state index is -0.0117. The van der Waals surface area contributed by atoms with E-state index in [-0.39, 0.29) is 5.91 Å². The Morgan fingerprint density at radius 2 is 1.95 bits per heavy atom. The number of thiophene rings is 1. The van der Waals surface area contributed by atoms with E-state index in [0.717, 1.165) is 43.0 Å². The van der Waals surface area contributed by atoms with Gasteiger partial charge in [0.25, 0.3) is 5.91 Å². The summed E-state index contributed by atoms with van der Waals surface area (Å²) in [5, 5.41) is 12.5. The lowest BCUT2D eigenvalue weighted by atomic mass is 10.1. The number of hydrogen-bond donors (Lipinski definition) is 0. The number of imidazole rings is 1. The first-order valence-corrected chi connectivity index (χ1v) is 15.3. The van der Waals surface area contributed by atoms with Crippen LogP contribution in [0.1, 0.15) is 21.6 Å². The lowest BCUT2D eigenvalue weighted by Gasteiger charge is -2.34. The molecule has 0 unspecified atom stereocenters. The molecule has 7 rings (SSSR count). The Hall–Kier alpha value is -4.06. The predicted molar refractivity (Wildman–Crippen MR) is 163 cm³/mol. The van der Waals surface area contributed by atoms with Gasteiger partial charge in [-0.1, -0.05) is 40.3 Å². The molecule has 9 nitrogen and oxygen atoms in total. The Morgan fingerprint density at radius 3 is 2.78 bits per heavy atom. The lowest BCUT2D eigenvalue weighted by molar-refractivity contribution is 0.0746. The maximum absolute atomic E-state index is 13.8. The number of amides is 1. The van der Waals surface area contributed by atoms with Crippen molar-refractivity contribution in [1.29, 1.82) is 0 Å². The van der Waals surface area contributed by atoms with Crippen LogP contribution >= 0.6 is 34.3 Å². The van der Waals surface area contributed by atoms with Crippen molar-refractivity contribution >= 4 is 55.5 Å². The third-order valence-electron chi connectivity index (χ3n) is 7.14. The SMILES string of the molecule is Cc1ccc(C(=O)N2CCN(c3nc4ccc(Cl)cc4s3)CC2)c(-n2cc(Cn3ccnc3-c3cccs3)nn2)c1. The van der Waals surface area contributed by atoms with Crippen molar-refractivity contribution in [2.45, 2.75) is 13.5 Å². The minimum absolute atomic E-state index is 0.0117. The number of halogens is 1. The van der Waals surface area contributed by atoms with E-state index >= 15 is 0 Å². The second-order valence-corrected chi connectivity index (χ2v) is 12.3. The van der Waals surface area contributed by atoms with Gasteiger partial charge >= 0.3 is 0 Å². The van der Waals surface area contributed by atoms with Gasteiger partial charge in [-0.3, -0.25) is 4.79 Å². The van der Waals surface area contributed by atoms with Crippen molar-refractivity contribution in [2.75, 3.05) is 31.1 Å². The fourth-order valence-corrected chi connectivity index (χ4v) is 7.07. The van der Waals surface area contributed by atoms with Crippen molar-refractivity contribution in [3.8, 4) is 16.4 Å². The van der Waals surface area contributed by atoms with Crippen molar-refractivity contribution in [2.24, 2.45) is 0 Å². The summed E-state index contributed by atoms with van der Waals surface area (Å²) in [5.74, 6) is 0.886. The number of thiazole rings is 1. The van der Waals surface area contributed by atoms with Crippen molar-refractivity contribution in [3.05, 3.63) is 94.3 Å². The van der Waals surface area contributed by atoms with E-state index in [9.17, 15) is 4.79 Å². The molecule has 41 heavy (non-hydrogen) atoms. The van der Waals surface area contributed by atoms with Crippen LogP contribution in [-0.4, -0.2) is 66.5 Å². The van der Waals surface area contributed by atoms with Crippen LogP contribution in [0.4, 0.5) is 5.13 Å². The van der Waals surface area contributed by atoms with E-state index in [0.29, 0.717) is 43.3 Å². The smallest absolute Gasteiger partial charge is 0.256 e. The lowest BCUT2D eigenvalue weighted by Crippen LogP contribution is -2.49. The molecule has 1 amide bonds. The number of fused-ring (bicyclic) bond motifs is 1. The Bertz CT molecular complexity index is 1850. The second kappa shape index (κ2) is 10.7. The average molecular weight is 601 g/mol. The predicted octanol–water partition coefficient (Wildman–Crippen LogP) is 5.77. The van der Waals surface area contributed by atoms with E-state index in [1.54, 1.807) is 33.6 Å². The molecule has 0 atom stereocenters. The van der Waals surface area contributed by atoms with Gasteiger partial charge in [-0.25, -0.2) is 14.6 Å². The molecule has 1 saturated heterocycles. The molecule has 2 aromatic carbocycles. The topological polar surface area (TPSA) is 85.0 Å². The highest BCUT2D eigenvalue weighted by Gasteiger charge is 2.26. The summed E-state index contributed by atoms with van der Waals surface area (Å²) < 4.78 is 4.83. The zero-order valence-corrected chi connectivity index (χ0v) is 24.5. The minimum Gasteiger partial charge on any atom is -0.345 e. The number of aryl methyl sites for hydroxylation is 1. The molecular weight excluding hydrogens is 576 g/mol. The molecule has 1 fully saturated rings. The van der Waals surface area contributed by atoms with Crippen molar-refractivity contribution < 1.29 is 4.79 Å². The van der Waals surface area contributed by atoms with Crippen LogP contribution in [0, 0.1) is 6.92 Å². The molecule has 0 aliphatic carbocycles. The zero-order chi connectivity index (χ0) is 27.9. The van der Waals surface area contributed by atoms with Gasteiger partial charge in [-0.2, -0.15) is 0 Å². The third kappa shape index (κ3) is 5.12. The molecule has 1 aliphatic heterocycles. The van der Waals surface area contributed by atoms with Crippen LogP contribution in [0.2, 0.25) is 5.02 Å². The average Bonchev–Trinajstić information content (AvgIpc) is 3.80. The number of nitrogens with zero attached hydrogens (tertiary/aromatic N) is 8. The first kappa shape index (κ1) is 25.9. The van der Waals surface area contributed by atoms with Crippen LogP contribution < -0.4 is 4.90 Å². The number of rotatable bonds is 6. The van der Waals surface area contributed by atoms with Gasteiger partial charge in [0.15, 0.2) is 5.13 Å². The number of carbonyl (C=O) groups is 1. The summed E-state index contributed by atoms with van der Waals surface area (Å²) in [6, 6.07) is 15.7. The van der Waals surface area contributed by atoms with Crippen LogP contribution in [0.3, 0.4) is 0 Å². The second-order valence-electron chi connectivity index (χ2n) is 9.92. The number of hydrogen-bond acceptors (Lipinski definition) is 8. The van der Waals surface area contributed by atoms with Gasteiger partial charge in [-0.05, 0) is 54.3 Å². The summed E-state index contributed by atoms with van der Waals surface area (Å²) in [6.45, 7) is 5.19. The van der Waals surface area contributed by atoms with E-state index in [1.165, 1.54) is 0 Å². The molecule has 4 aromatic heterocycles. The number of piperazine rings is 1. The van der Waals surface area contributed by atoms with Gasteiger partial charge < -0.3 is 14.4 Å². The Morgan fingerprint density at radius 1 is 1.07 bits per heavy atom. The summed E-state index contributed by atoms with van der Waals surface area (Å²) in [7, 11) is 0. The van der Waals surface area contributed by atoms with Gasteiger partial charge in [0.1, 0.15) is 11.5 Å².